The third-order valence-electron chi connectivity index (χ3n) is 5.64. The van der Waals surface area contributed by atoms with E-state index in [-0.39, 0.29) is 17.6 Å². The van der Waals surface area contributed by atoms with E-state index in [0.717, 1.165) is 31.0 Å². The molecular weight excluding hydrogens is 484 g/mol. The van der Waals surface area contributed by atoms with Crippen molar-refractivity contribution in [3.63, 3.8) is 0 Å². The van der Waals surface area contributed by atoms with Crippen LogP contribution in [0.15, 0.2) is 48.5 Å². The van der Waals surface area contributed by atoms with Crippen LogP contribution < -0.4 is 21.3 Å². The van der Waals surface area contributed by atoms with Crippen molar-refractivity contribution in [1.82, 2.24) is 15.5 Å². The highest BCUT2D eigenvalue weighted by molar-refractivity contribution is 8.00. The summed E-state index contributed by atoms with van der Waals surface area (Å²) in [7, 11) is 2.11. The Balaban J connectivity index is 1.87. The van der Waals surface area contributed by atoms with Crippen LogP contribution in [0.25, 0.3) is 0 Å². The highest BCUT2D eigenvalue weighted by Gasteiger charge is 2.24. The second-order valence-corrected chi connectivity index (χ2v) is 10.1. The first-order chi connectivity index (χ1) is 17.9. The van der Waals surface area contributed by atoms with Crippen LogP contribution >= 0.6 is 11.8 Å². The lowest BCUT2D eigenvalue weighted by molar-refractivity contribution is -0.123. The molecule has 9 heteroatoms. The van der Waals surface area contributed by atoms with Crippen molar-refractivity contribution in [2.75, 3.05) is 56.2 Å². The lowest BCUT2D eigenvalue weighted by atomic mass is 10.1. The molecule has 2 unspecified atom stereocenters. The van der Waals surface area contributed by atoms with Gasteiger partial charge >= 0.3 is 0 Å². The number of anilines is 2. The third-order valence-corrected chi connectivity index (χ3v) is 6.95. The van der Waals surface area contributed by atoms with Crippen molar-refractivity contribution in [3.8, 4) is 6.07 Å². The molecule has 0 saturated heterocycles. The fourth-order valence-corrected chi connectivity index (χ4v) is 4.83. The van der Waals surface area contributed by atoms with E-state index >= 15 is 0 Å². The monoisotopic (exact) mass is 524 g/mol. The van der Waals surface area contributed by atoms with E-state index in [4.69, 9.17) is 0 Å². The number of hydrogen-bond acceptors (Lipinski definition) is 7. The first-order valence-corrected chi connectivity index (χ1v) is 13.8. The predicted octanol–water partition coefficient (Wildman–Crippen LogP) is 3.46. The molecule has 8 nitrogen and oxygen atoms in total. The molecule has 0 fully saturated rings. The number of rotatable bonds is 16. The fourth-order valence-electron chi connectivity index (χ4n) is 3.74. The Morgan fingerprint density at radius 3 is 2.35 bits per heavy atom. The van der Waals surface area contributed by atoms with Gasteiger partial charge in [-0.1, -0.05) is 35.9 Å². The number of nitrogens with one attached hydrogen (secondary N) is 4. The molecule has 200 valence electrons. The molecule has 0 heterocycles. The highest BCUT2D eigenvalue weighted by Crippen LogP contribution is 2.19. The summed E-state index contributed by atoms with van der Waals surface area (Å²) in [6, 6.07) is 18.6. The molecule has 2 amide bonds. The molecule has 2 aromatic carbocycles. The van der Waals surface area contributed by atoms with E-state index in [9.17, 15) is 14.9 Å². The minimum absolute atomic E-state index is 0.112. The number of thioether (sulfide) groups is 1. The maximum Gasteiger partial charge on any atom is 0.238 e. The fraction of sp³-hybridized carbons (Fsp3) is 0.464. The Labute approximate surface area is 225 Å². The molecule has 0 aliphatic carbocycles. The van der Waals surface area contributed by atoms with Gasteiger partial charge in [-0.3, -0.25) is 9.59 Å². The lowest BCUT2D eigenvalue weighted by Crippen LogP contribution is -2.38. The topological polar surface area (TPSA) is 109 Å². The SMILES string of the molecule is CCNC(=O)C(C#N)CSC(CNc1cccc(NCCN(C)Cc2cccc(C)c2)c1)C(=O)NCC. The van der Waals surface area contributed by atoms with Crippen LogP contribution in [-0.2, 0) is 16.1 Å². The Hall–Kier alpha value is -3.22. The van der Waals surface area contributed by atoms with Gasteiger partial charge in [-0.25, -0.2) is 0 Å². The molecule has 0 aliphatic heterocycles. The zero-order valence-electron chi connectivity index (χ0n) is 22.3. The van der Waals surface area contributed by atoms with Crippen LogP contribution in [0.5, 0.6) is 0 Å². The van der Waals surface area contributed by atoms with Crippen molar-refractivity contribution in [1.29, 1.82) is 5.26 Å². The van der Waals surface area contributed by atoms with Crippen LogP contribution in [0.1, 0.15) is 25.0 Å². The van der Waals surface area contributed by atoms with Crippen molar-refractivity contribution >= 4 is 35.0 Å². The Bertz CT molecular complexity index is 1040. The summed E-state index contributed by atoms with van der Waals surface area (Å²) in [5.41, 5.74) is 4.47. The first-order valence-electron chi connectivity index (χ1n) is 12.7. The number of amides is 2. The molecule has 0 aliphatic rings. The Kier molecular flexibility index (Phi) is 13.4. The second-order valence-electron chi connectivity index (χ2n) is 8.91. The van der Waals surface area contributed by atoms with Crippen molar-refractivity contribution in [2.45, 2.75) is 32.6 Å². The van der Waals surface area contributed by atoms with Crippen molar-refractivity contribution in [2.24, 2.45) is 5.92 Å². The van der Waals surface area contributed by atoms with Gasteiger partial charge in [-0.2, -0.15) is 5.26 Å². The van der Waals surface area contributed by atoms with Crippen molar-refractivity contribution in [3.05, 3.63) is 59.7 Å². The number of hydrogen-bond donors (Lipinski definition) is 4. The zero-order chi connectivity index (χ0) is 27.0. The largest absolute Gasteiger partial charge is 0.384 e. The van der Waals surface area contributed by atoms with Crippen molar-refractivity contribution < 1.29 is 9.59 Å². The summed E-state index contributed by atoms with van der Waals surface area (Å²) < 4.78 is 0. The molecule has 0 radical (unpaired) electrons. The molecule has 0 aromatic heterocycles. The molecule has 0 spiro atoms. The van der Waals surface area contributed by atoms with Gasteiger partial charge in [0.25, 0.3) is 0 Å². The van der Waals surface area contributed by atoms with Crippen LogP contribution in [0.2, 0.25) is 0 Å². The number of carbonyl (C=O) groups excluding carboxylic acids is 2. The zero-order valence-corrected chi connectivity index (χ0v) is 23.2. The number of benzene rings is 2. The van der Waals surface area contributed by atoms with Gasteiger partial charge in [0.2, 0.25) is 11.8 Å². The summed E-state index contributed by atoms with van der Waals surface area (Å²) in [6.07, 6.45) is 0. The van der Waals surface area contributed by atoms with E-state index in [1.165, 1.54) is 22.9 Å². The smallest absolute Gasteiger partial charge is 0.238 e. The van der Waals surface area contributed by atoms with Gasteiger partial charge < -0.3 is 26.2 Å². The van der Waals surface area contributed by atoms with Gasteiger partial charge in [0.15, 0.2) is 0 Å². The molecule has 0 bridgehead atoms. The Morgan fingerprint density at radius 2 is 1.68 bits per heavy atom. The normalized spacial score (nSPS) is 12.3. The van der Waals surface area contributed by atoms with Gasteiger partial charge in [0.05, 0.1) is 6.07 Å². The molecule has 2 aromatic rings. The molecular formula is C28H40N6O2S. The minimum atomic E-state index is -0.793. The average molecular weight is 525 g/mol. The van der Waals surface area contributed by atoms with Gasteiger partial charge in [-0.15, -0.1) is 11.8 Å². The lowest BCUT2D eigenvalue weighted by Gasteiger charge is -2.19. The molecule has 37 heavy (non-hydrogen) atoms. The second kappa shape index (κ2) is 16.5. The van der Waals surface area contributed by atoms with Gasteiger partial charge in [0, 0.05) is 56.4 Å². The molecule has 2 atom stereocenters. The van der Waals surface area contributed by atoms with Crippen LogP contribution in [0, 0.1) is 24.2 Å². The summed E-state index contributed by atoms with van der Waals surface area (Å²) >= 11 is 1.32. The number of nitrogens with zero attached hydrogens (tertiary/aromatic N) is 2. The maximum absolute atomic E-state index is 12.6. The number of likely N-dealkylation sites (N-methyl/N-ethyl adjacent to an activating group) is 1. The van der Waals surface area contributed by atoms with E-state index in [1.54, 1.807) is 0 Å². The highest BCUT2D eigenvalue weighted by atomic mass is 32.2. The first kappa shape index (κ1) is 30.0. The van der Waals surface area contributed by atoms with E-state index in [0.29, 0.717) is 19.6 Å². The number of aryl methyl sites for hydroxylation is 1. The van der Waals surface area contributed by atoms with Crippen LogP contribution in [0.3, 0.4) is 0 Å². The van der Waals surface area contributed by atoms with Crippen LogP contribution in [-0.4, -0.2) is 67.5 Å². The van der Waals surface area contributed by atoms with E-state index in [1.807, 2.05) is 44.2 Å². The van der Waals surface area contributed by atoms with Gasteiger partial charge in [-0.05, 0) is 51.6 Å². The average Bonchev–Trinajstić information content (AvgIpc) is 2.86. The quantitative estimate of drug-likeness (QED) is 0.266. The van der Waals surface area contributed by atoms with E-state index < -0.39 is 11.2 Å². The van der Waals surface area contributed by atoms with E-state index in [2.05, 4.69) is 64.4 Å². The maximum atomic E-state index is 12.6. The minimum Gasteiger partial charge on any atom is -0.384 e. The standard InChI is InChI=1S/C28H40N6O2S/c1-5-30-27(35)23(17-29)20-37-26(28(36)31-6-2)18-33-25-12-8-11-24(16-25)32-13-14-34(4)19-22-10-7-9-21(3)15-22/h7-12,15-16,23,26,32-33H,5-6,13-14,18-20H2,1-4H3,(H,30,35)(H,31,36). The Morgan fingerprint density at radius 1 is 1.00 bits per heavy atom. The van der Waals surface area contributed by atoms with Crippen LogP contribution in [0.4, 0.5) is 11.4 Å². The molecule has 0 saturated carbocycles. The summed E-state index contributed by atoms with van der Waals surface area (Å²) in [5, 5.41) is 21.3. The number of nitriles is 1. The molecule has 2 rings (SSSR count). The third kappa shape index (κ3) is 11.1. The predicted molar refractivity (Wildman–Crippen MR) is 154 cm³/mol. The summed E-state index contributed by atoms with van der Waals surface area (Å²) in [5.74, 6) is -0.955. The summed E-state index contributed by atoms with van der Waals surface area (Å²) in [4.78, 5) is 27.0. The van der Waals surface area contributed by atoms with Gasteiger partial charge in [0.1, 0.15) is 11.2 Å². The molecule has 4 N–H and O–H groups in total. The number of carbonyl (C=O) groups is 2. The summed E-state index contributed by atoms with van der Waals surface area (Å²) in [6.45, 7) is 9.76.